The molecule has 2 amide bonds. The van der Waals surface area contributed by atoms with E-state index in [4.69, 9.17) is 0 Å². The minimum Gasteiger partial charge on any atom is -0.343 e. The van der Waals surface area contributed by atoms with E-state index >= 15 is 0 Å². The molecule has 2 heterocycles. The molecule has 0 aromatic heterocycles. The number of likely N-dealkylation sites (tertiary alicyclic amines) is 1. The van der Waals surface area contributed by atoms with Gasteiger partial charge in [0.25, 0.3) is 0 Å². The Labute approximate surface area is 128 Å². The third-order valence-electron chi connectivity index (χ3n) is 4.90. The number of amides is 2. The van der Waals surface area contributed by atoms with Crippen molar-refractivity contribution in [1.82, 2.24) is 15.1 Å². The molecule has 2 aliphatic heterocycles. The third-order valence-corrected chi connectivity index (χ3v) is 4.90. The summed E-state index contributed by atoms with van der Waals surface area (Å²) in [5.41, 5.74) is 0. The fraction of sp³-hybridized carbons (Fsp3) is 0.875. The smallest absolute Gasteiger partial charge is 0.223 e. The van der Waals surface area contributed by atoms with Crippen LogP contribution in [0.2, 0.25) is 0 Å². The van der Waals surface area contributed by atoms with Crippen LogP contribution in [-0.2, 0) is 9.59 Å². The SMILES string of the molecule is CC(=O)N1CCC(CC(=O)N2CCNCC2C(C)C)CC1. The number of nitrogens with one attached hydrogen (secondary N) is 1. The quantitative estimate of drug-likeness (QED) is 0.848. The van der Waals surface area contributed by atoms with Gasteiger partial charge in [-0.2, -0.15) is 0 Å². The van der Waals surface area contributed by atoms with Crippen LogP contribution >= 0.6 is 0 Å². The molecule has 1 N–H and O–H groups in total. The summed E-state index contributed by atoms with van der Waals surface area (Å²) in [6.07, 6.45) is 2.57. The van der Waals surface area contributed by atoms with E-state index in [-0.39, 0.29) is 5.91 Å². The van der Waals surface area contributed by atoms with Crippen molar-refractivity contribution in [2.75, 3.05) is 32.7 Å². The number of hydrogen-bond acceptors (Lipinski definition) is 3. The lowest BCUT2D eigenvalue weighted by Gasteiger charge is -2.40. The lowest BCUT2D eigenvalue weighted by molar-refractivity contribution is -0.137. The molecule has 0 aliphatic carbocycles. The summed E-state index contributed by atoms with van der Waals surface area (Å²) in [4.78, 5) is 27.9. The average Bonchev–Trinajstić information content (AvgIpc) is 2.47. The van der Waals surface area contributed by atoms with Crippen molar-refractivity contribution in [3.05, 3.63) is 0 Å². The zero-order chi connectivity index (χ0) is 15.4. The van der Waals surface area contributed by atoms with E-state index < -0.39 is 0 Å². The maximum absolute atomic E-state index is 12.6. The van der Waals surface area contributed by atoms with Crippen molar-refractivity contribution in [3.8, 4) is 0 Å². The molecule has 1 atom stereocenters. The highest BCUT2D eigenvalue weighted by molar-refractivity contribution is 5.77. The van der Waals surface area contributed by atoms with Crippen LogP contribution in [0.4, 0.5) is 0 Å². The molecule has 1 unspecified atom stereocenters. The van der Waals surface area contributed by atoms with Gasteiger partial charge in [-0.3, -0.25) is 9.59 Å². The number of carbonyl (C=O) groups is 2. The number of carbonyl (C=O) groups excluding carboxylic acids is 2. The third kappa shape index (κ3) is 4.19. The Kier molecular flexibility index (Phi) is 5.62. The van der Waals surface area contributed by atoms with Crippen molar-refractivity contribution < 1.29 is 9.59 Å². The molecule has 2 rings (SSSR count). The van der Waals surface area contributed by atoms with E-state index in [1.54, 1.807) is 6.92 Å². The standard InChI is InChI=1S/C16H29N3O2/c1-12(2)15-11-17-6-9-19(15)16(21)10-14-4-7-18(8-5-14)13(3)20/h12,14-15,17H,4-11H2,1-3H3. The molecule has 120 valence electrons. The molecule has 0 saturated carbocycles. The second-order valence-electron chi connectivity index (χ2n) is 6.76. The highest BCUT2D eigenvalue weighted by Gasteiger charge is 2.31. The van der Waals surface area contributed by atoms with Gasteiger partial charge in [0, 0.05) is 52.1 Å². The Morgan fingerprint density at radius 2 is 1.86 bits per heavy atom. The zero-order valence-corrected chi connectivity index (χ0v) is 13.6. The molecular weight excluding hydrogens is 266 g/mol. The number of nitrogens with zero attached hydrogens (tertiary/aromatic N) is 2. The zero-order valence-electron chi connectivity index (χ0n) is 13.6. The fourth-order valence-electron chi connectivity index (χ4n) is 3.45. The van der Waals surface area contributed by atoms with E-state index in [0.717, 1.165) is 45.6 Å². The Morgan fingerprint density at radius 1 is 1.19 bits per heavy atom. The van der Waals surface area contributed by atoms with Crippen molar-refractivity contribution in [2.45, 2.75) is 46.1 Å². The minimum absolute atomic E-state index is 0.154. The number of rotatable bonds is 3. The second kappa shape index (κ2) is 7.25. The van der Waals surface area contributed by atoms with Gasteiger partial charge in [-0.05, 0) is 24.7 Å². The van der Waals surface area contributed by atoms with E-state index in [0.29, 0.717) is 30.2 Å². The van der Waals surface area contributed by atoms with E-state index in [2.05, 4.69) is 24.1 Å². The van der Waals surface area contributed by atoms with Gasteiger partial charge >= 0.3 is 0 Å². The van der Waals surface area contributed by atoms with Crippen molar-refractivity contribution in [2.24, 2.45) is 11.8 Å². The first-order chi connectivity index (χ1) is 9.99. The Balaban J connectivity index is 1.85. The van der Waals surface area contributed by atoms with E-state index in [9.17, 15) is 9.59 Å². The topological polar surface area (TPSA) is 52.7 Å². The van der Waals surface area contributed by atoms with Crippen LogP contribution in [0.15, 0.2) is 0 Å². The number of piperidine rings is 1. The monoisotopic (exact) mass is 295 g/mol. The first kappa shape index (κ1) is 16.3. The summed E-state index contributed by atoms with van der Waals surface area (Å²) in [5, 5.41) is 3.38. The lowest BCUT2D eigenvalue weighted by atomic mass is 9.91. The van der Waals surface area contributed by atoms with Gasteiger partial charge < -0.3 is 15.1 Å². The molecule has 5 nitrogen and oxygen atoms in total. The van der Waals surface area contributed by atoms with Crippen molar-refractivity contribution in [3.63, 3.8) is 0 Å². The van der Waals surface area contributed by atoms with Gasteiger partial charge in [0.05, 0.1) is 0 Å². The second-order valence-corrected chi connectivity index (χ2v) is 6.76. The van der Waals surface area contributed by atoms with Crippen LogP contribution in [-0.4, -0.2) is 60.4 Å². The summed E-state index contributed by atoms with van der Waals surface area (Å²) in [5.74, 6) is 1.38. The largest absolute Gasteiger partial charge is 0.343 e. The van der Waals surface area contributed by atoms with Crippen LogP contribution in [0.3, 0.4) is 0 Å². The summed E-state index contributed by atoms with van der Waals surface area (Å²) in [6.45, 7) is 10.2. The molecule has 0 bridgehead atoms. The molecule has 0 spiro atoms. The predicted molar refractivity (Wildman–Crippen MR) is 82.8 cm³/mol. The summed E-state index contributed by atoms with van der Waals surface area (Å²) >= 11 is 0. The summed E-state index contributed by atoms with van der Waals surface area (Å²) in [7, 11) is 0. The summed E-state index contributed by atoms with van der Waals surface area (Å²) in [6, 6.07) is 0.323. The maximum atomic E-state index is 12.6. The van der Waals surface area contributed by atoms with Gasteiger partial charge in [-0.25, -0.2) is 0 Å². The molecule has 2 saturated heterocycles. The van der Waals surface area contributed by atoms with Crippen LogP contribution < -0.4 is 5.32 Å². The Hall–Kier alpha value is -1.10. The van der Waals surface area contributed by atoms with E-state index in [1.807, 2.05) is 4.90 Å². The minimum atomic E-state index is 0.154. The maximum Gasteiger partial charge on any atom is 0.223 e. The predicted octanol–water partition coefficient (Wildman–Crippen LogP) is 1.09. The van der Waals surface area contributed by atoms with Crippen LogP contribution in [0.5, 0.6) is 0 Å². The molecule has 0 aromatic rings. The number of hydrogen-bond donors (Lipinski definition) is 1. The molecular formula is C16H29N3O2. The highest BCUT2D eigenvalue weighted by atomic mass is 16.2. The lowest BCUT2D eigenvalue weighted by Crippen LogP contribution is -2.56. The Bertz CT molecular complexity index is 376. The van der Waals surface area contributed by atoms with Crippen LogP contribution in [0, 0.1) is 11.8 Å². The average molecular weight is 295 g/mol. The first-order valence-electron chi connectivity index (χ1n) is 8.24. The van der Waals surface area contributed by atoms with Crippen LogP contribution in [0.1, 0.15) is 40.0 Å². The van der Waals surface area contributed by atoms with Crippen molar-refractivity contribution >= 4 is 11.8 Å². The normalized spacial score (nSPS) is 24.5. The van der Waals surface area contributed by atoms with Crippen molar-refractivity contribution in [1.29, 1.82) is 0 Å². The Morgan fingerprint density at radius 3 is 2.43 bits per heavy atom. The molecule has 2 aliphatic rings. The molecule has 5 heteroatoms. The van der Waals surface area contributed by atoms with Gasteiger partial charge in [0.1, 0.15) is 0 Å². The molecule has 2 fully saturated rings. The van der Waals surface area contributed by atoms with Gasteiger partial charge in [-0.1, -0.05) is 13.8 Å². The molecule has 21 heavy (non-hydrogen) atoms. The fourth-order valence-corrected chi connectivity index (χ4v) is 3.45. The first-order valence-corrected chi connectivity index (χ1v) is 8.24. The molecule has 0 radical (unpaired) electrons. The summed E-state index contributed by atoms with van der Waals surface area (Å²) < 4.78 is 0. The van der Waals surface area contributed by atoms with Gasteiger partial charge in [-0.15, -0.1) is 0 Å². The molecule has 0 aromatic carbocycles. The van der Waals surface area contributed by atoms with Gasteiger partial charge in [0.2, 0.25) is 11.8 Å². The van der Waals surface area contributed by atoms with Gasteiger partial charge in [0.15, 0.2) is 0 Å². The highest BCUT2D eigenvalue weighted by Crippen LogP contribution is 2.23. The van der Waals surface area contributed by atoms with Crippen LogP contribution in [0.25, 0.3) is 0 Å². The number of piperazine rings is 1. The van der Waals surface area contributed by atoms with E-state index in [1.165, 1.54) is 0 Å².